The normalized spacial score (nSPS) is 22.3. The molecule has 0 spiro atoms. The molecule has 1 aromatic rings. The monoisotopic (exact) mass is 261 g/mol. The minimum atomic E-state index is 0.504. The molecule has 106 valence electrons. The minimum Gasteiger partial charge on any atom is -0.378 e. The van der Waals surface area contributed by atoms with Crippen LogP contribution in [0.2, 0.25) is 0 Å². The molecule has 3 atom stereocenters. The summed E-state index contributed by atoms with van der Waals surface area (Å²) in [5.74, 6) is 0.604. The standard InChI is InChI=1S/C17H27NO/c1-3-16(14-8-5-4-6-9-14)17(18-2)12-11-15-10-7-13-19-15/h4-6,8-9,15-18H,3,7,10-13H2,1-2H3. The Morgan fingerprint density at radius 2 is 2.11 bits per heavy atom. The Kier molecular flexibility index (Phi) is 5.87. The van der Waals surface area contributed by atoms with Crippen molar-refractivity contribution in [3.05, 3.63) is 35.9 Å². The van der Waals surface area contributed by atoms with Crippen LogP contribution in [0.4, 0.5) is 0 Å². The molecule has 1 heterocycles. The zero-order chi connectivity index (χ0) is 13.5. The zero-order valence-corrected chi connectivity index (χ0v) is 12.3. The van der Waals surface area contributed by atoms with Gasteiger partial charge in [-0.2, -0.15) is 0 Å². The first-order valence-corrected chi connectivity index (χ1v) is 7.69. The third kappa shape index (κ3) is 4.05. The van der Waals surface area contributed by atoms with Crippen molar-refractivity contribution >= 4 is 0 Å². The third-order valence-electron chi connectivity index (χ3n) is 4.35. The highest BCUT2D eigenvalue weighted by Crippen LogP contribution is 2.27. The second-order valence-electron chi connectivity index (χ2n) is 5.53. The van der Waals surface area contributed by atoms with Crippen molar-refractivity contribution in [1.29, 1.82) is 0 Å². The van der Waals surface area contributed by atoms with Gasteiger partial charge in [0, 0.05) is 12.6 Å². The van der Waals surface area contributed by atoms with E-state index in [1.807, 2.05) is 0 Å². The molecule has 2 nitrogen and oxygen atoms in total. The van der Waals surface area contributed by atoms with Gasteiger partial charge in [-0.25, -0.2) is 0 Å². The molecule has 1 fully saturated rings. The van der Waals surface area contributed by atoms with Crippen LogP contribution < -0.4 is 5.32 Å². The maximum atomic E-state index is 5.74. The van der Waals surface area contributed by atoms with E-state index in [9.17, 15) is 0 Å². The van der Waals surface area contributed by atoms with Gasteiger partial charge in [-0.3, -0.25) is 0 Å². The van der Waals surface area contributed by atoms with Crippen LogP contribution in [0.25, 0.3) is 0 Å². The molecule has 0 saturated carbocycles. The Morgan fingerprint density at radius 1 is 1.32 bits per heavy atom. The van der Waals surface area contributed by atoms with Crippen LogP contribution in [0.15, 0.2) is 30.3 Å². The Morgan fingerprint density at radius 3 is 2.68 bits per heavy atom. The summed E-state index contributed by atoms with van der Waals surface area (Å²) >= 11 is 0. The Labute approximate surface area is 117 Å². The lowest BCUT2D eigenvalue weighted by atomic mass is 9.86. The van der Waals surface area contributed by atoms with Gasteiger partial charge < -0.3 is 10.1 Å². The van der Waals surface area contributed by atoms with Gasteiger partial charge in [-0.1, -0.05) is 37.3 Å². The summed E-state index contributed by atoms with van der Waals surface area (Å²) in [5.41, 5.74) is 1.46. The molecule has 0 aliphatic carbocycles. The summed E-state index contributed by atoms with van der Waals surface area (Å²) in [4.78, 5) is 0. The highest BCUT2D eigenvalue weighted by molar-refractivity contribution is 5.21. The molecule has 1 aliphatic heterocycles. The van der Waals surface area contributed by atoms with Crippen molar-refractivity contribution in [1.82, 2.24) is 5.32 Å². The van der Waals surface area contributed by atoms with E-state index < -0.39 is 0 Å². The van der Waals surface area contributed by atoms with E-state index in [0.717, 1.165) is 6.61 Å². The van der Waals surface area contributed by atoms with Gasteiger partial charge in [-0.05, 0) is 50.6 Å². The fourth-order valence-electron chi connectivity index (χ4n) is 3.24. The number of hydrogen-bond acceptors (Lipinski definition) is 2. The molecular weight excluding hydrogens is 234 g/mol. The quantitative estimate of drug-likeness (QED) is 0.807. The average Bonchev–Trinajstić information content (AvgIpc) is 2.97. The van der Waals surface area contributed by atoms with Crippen molar-refractivity contribution in [2.24, 2.45) is 0 Å². The summed E-state index contributed by atoms with van der Waals surface area (Å²) in [7, 11) is 2.09. The van der Waals surface area contributed by atoms with E-state index in [2.05, 4.69) is 49.6 Å². The molecule has 2 rings (SSSR count). The van der Waals surface area contributed by atoms with Crippen LogP contribution in [0.5, 0.6) is 0 Å². The topological polar surface area (TPSA) is 21.3 Å². The Balaban J connectivity index is 1.93. The van der Waals surface area contributed by atoms with Crippen molar-refractivity contribution in [2.75, 3.05) is 13.7 Å². The van der Waals surface area contributed by atoms with Crippen molar-refractivity contribution in [3.63, 3.8) is 0 Å². The van der Waals surface area contributed by atoms with Crippen molar-refractivity contribution in [3.8, 4) is 0 Å². The molecule has 2 heteroatoms. The molecule has 0 aromatic heterocycles. The van der Waals surface area contributed by atoms with E-state index in [1.54, 1.807) is 0 Å². The molecule has 0 radical (unpaired) electrons. The second-order valence-corrected chi connectivity index (χ2v) is 5.53. The first kappa shape index (κ1) is 14.5. The van der Waals surface area contributed by atoms with Crippen LogP contribution in [-0.2, 0) is 4.74 Å². The summed E-state index contributed by atoms with van der Waals surface area (Å²) < 4.78 is 5.74. The maximum absolute atomic E-state index is 5.74. The van der Waals surface area contributed by atoms with Gasteiger partial charge in [-0.15, -0.1) is 0 Å². The van der Waals surface area contributed by atoms with Gasteiger partial charge in [0.25, 0.3) is 0 Å². The Hall–Kier alpha value is -0.860. The summed E-state index contributed by atoms with van der Waals surface area (Å²) in [5, 5.41) is 3.52. The minimum absolute atomic E-state index is 0.504. The maximum Gasteiger partial charge on any atom is 0.0576 e. The second kappa shape index (κ2) is 7.66. The summed E-state index contributed by atoms with van der Waals surface area (Å²) in [6.45, 7) is 3.25. The van der Waals surface area contributed by atoms with E-state index >= 15 is 0 Å². The highest BCUT2D eigenvalue weighted by atomic mass is 16.5. The predicted molar refractivity (Wildman–Crippen MR) is 80.5 cm³/mol. The SMILES string of the molecule is CCC(c1ccccc1)C(CCC1CCCO1)NC. The molecule has 1 N–H and O–H groups in total. The smallest absolute Gasteiger partial charge is 0.0576 e. The molecule has 0 bridgehead atoms. The molecule has 19 heavy (non-hydrogen) atoms. The van der Waals surface area contributed by atoms with Gasteiger partial charge in [0.1, 0.15) is 0 Å². The number of rotatable bonds is 7. The van der Waals surface area contributed by atoms with Crippen LogP contribution in [0.1, 0.15) is 50.5 Å². The summed E-state index contributed by atoms with van der Waals surface area (Å²) in [6, 6.07) is 11.4. The van der Waals surface area contributed by atoms with Crippen molar-refractivity contribution in [2.45, 2.75) is 57.1 Å². The number of likely N-dealkylation sites (N-methyl/N-ethyl adjacent to an activating group) is 1. The van der Waals surface area contributed by atoms with Gasteiger partial charge in [0.2, 0.25) is 0 Å². The van der Waals surface area contributed by atoms with Gasteiger partial charge >= 0.3 is 0 Å². The third-order valence-corrected chi connectivity index (χ3v) is 4.35. The fourth-order valence-corrected chi connectivity index (χ4v) is 3.24. The highest BCUT2D eigenvalue weighted by Gasteiger charge is 2.23. The lowest BCUT2D eigenvalue weighted by Gasteiger charge is -2.27. The van der Waals surface area contributed by atoms with E-state index in [4.69, 9.17) is 4.74 Å². The largest absolute Gasteiger partial charge is 0.378 e. The van der Waals surface area contributed by atoms with Crippen LogP contribution in [0.3, 0.4) is 0 Å². The zero-order valence-electron chi connectivity index (χ0n) is 12.3. The van der Waals surface area contributed by atoms with E-state index in [0.29, 0.717) is 18.1 Å². The van der Waals surface area contributed by atoms with Gasteiger partial charge in [0.15, 0.2) is 0 Å². The lowest BCUT2D eigenvalue weighted by Crippen LogP contribution is -2.32. The number of benzene rings is 1. The number of nitrogens with one attached hydrogen (secondary N) is 1. The fraction of sp³-hybridized carbons (Fsp3) is 0.647. The Bertz CT molecular complexity index is 346. The molecule has 1 aliphatic rings. The van der Waals surface area contributed by atoms with E-state index in [1.165, 1.54) is 37.7 Å². The average molecular weight is 261 g/mol. The molecule has 1 aromatic carbocycles. The van der Waals surface area contributed by atoms with Gasteiger partial charge in [0.05, 0.1) is 6.10 Å². The first-order chi connectivity index (χ1) is 9.35. The lowest BCUT2D eigenvalue weighted by molar-refractivity contribution is 0.0988. The van der Waals surface area contributed by atoms with Crippen LogP contribution in [-0.4, -0.2) is 25.8 Å². The van der Waals surface area contributed by atoms with Crippen LogP contribution in [0, 0.1) is 0 Å². The molecule has 3 unspecified atom stereocenters. The van der Waals surface area contributed by atoms with E-state index in [-0.39, 0.29) is 0 Å². The molecule has 1 saturated heterocycles. The number of hydrogen-bond donors (Lipinski definition) is 1. The number of ether oxygens (including phenoxy) is 1. The molecule has 0 amide bonds. The predicted octanol–water partition coefficient (Wildman–Crippen LogP) is 3.73. The van der Waals surface area contributed by atoms with Crippen LogP contribution >= 0.6 is 0 Å². The summed E-state index contributed by atoms with van der Waals surface area (Å²) in [6.07, 6.45) is 6.57. The first-order valence-electron chi connectivity index (χ1n) is 7.69. The van der Waals surface area contributed by atoms with Crippen molar-refractivity contribution < 1.29 is 4.74 Å². The molecular formula is C17H27NO.